The highest BCUT2D eigenvalue weighted by Gasteiger charge is 2.06. The summed E-state index contributed by atoms with van der Waals surface area (Å²) in [7, 11) is 0. The zero-order valence-electron chi connectivity index (χ0n) is 12.3. The van der Waals surface area contributed by atoms with Gasteiger partial charge in [0.1, 0.15) is 0 Å². The van der Waals surface area contributed by atoms with Crippen LogP contribution in [0.1, 0.15) is 10.4 Å². The molecule has 0 fully saturated rings. The summed E-state index contributed by atoms with van der Waals surface area (Å²) in [4.78, 5) is 24.5. The van der Waals surface area contributed by atoms with Gasteiger partial charge in [0.25, 0.3) is 0 Å². The van der Waals surface area contributed by atoms with Crippen molar-refractivity contribution in [3.63, 3.8) is 0 Å². The number of thiophene rings is 1. The number of nitrogens with one attached hydrogen (secondary N) is 2. The lowest BCUT2D eigenvalue weighted by Crippen LogP contribution is -2.25. The first-order valence-electron chi connectivity index (χ1n) is 6.87. The van der Waals surface area contributed by atoms with Crippen molar-refractivity contribution in [2.75, 3.05) is 16.8 Å². The molecule has 0 saturated carbocycles. The van der Waals surface area contributed by atoms with Gasteiger partial charge in [0, 0.05) is 10.6 Å². The van der Waals surface area contributed by atoms with Gasteiger partial charge in [-0.2, -0.15) is 0 Å². The van der Waals surface area contributed by atoms with E-state index in [1.807, 2.05) is 48.7 Å². The molecule has 2 amide bonds. The lowest BCUT2D eigenvalue weighted by atomic mass is 10.2. The first kappa shape index (κ1) is 16.6. The van der Waals surface area contributed by atoms with Gasteiger partial charge in [-0.05, 0) is 30.5 Å². The van der Waals surface area contributed by atoms with Gasteiger partial charge < -0.3 is 10.6 Å². The number of benzene rings is 1. The van der Waals surface area contributed by atoms with Crippen LogP contribution in [0.4, 0.5) is 5.69 Å². The zero-order chi connectivity index (χ0) is 15.8. The zero-order valence-corrected chi connectivity index (χ0v) is 13.9. The minimum atomic E-state index is -0.0973. The maximum atomic E-state index is 11.8. The van der Waals surface area contributed by atoms with Gasteiger partial charge in [-0.3, -0.25) is 9.59 Å². The summed E-state index contributed by atoms with van der Waals surface area (Å²) in [5.41, 5.74) is 1.92. The molecule has 4 nitrogen and oxygen atoms in total. The van der Waals surface area contributed by atoms with Gasteiger partial charge in [0.15, 0.2) is 0 Å². The highest BCUT2D eigenvalue weighted by atomic mass is 32.2. The van der Waals surface area contributed by atoms with Gasteiger partial charge in [-0.1, -0.05) is 23.8 Å². The molecule has 0 spiro atoms. The van der Waals surface area contributed by atoms with Crippen LogP contribution in [0.3, 0.4) is 0 Å². The van der Waals surface area contributed by atoms with E-state index in [0.29, 0.717) is 6.54 Å². The number of aryl methyl sites for hydroxylation is 1. The van der Waals surface area contributed by atoms with E-state index >= 15 is 0 Å². The highest BCUT2D eigenvalue weighted by Crippen LogP contribution is 2.10. The van der Waals surface area contributed by atoms with Gasteiger partial charge in [-0.25, -0.2) is 0 Å². The number of rotatable bonds is 7. The van der Waals surface area contributed by atoms with Crippen LogP contribution in [0, 0.1) is 6.92 Å². The van der Waals surface area contributed by atoms with Crippen molar-refractivity contribution in [1.82, 2.24) is 5.32 Å². The molecular formula is C16H18N2O2S2. The Balaban J connectivity index is 1.62. The van der Waals surface area contributed by atoms with Crippen molar-refractivity contribution in [2.45, 2.75) is 13.5 Å². The minimum absolute atomic E-state index is 0.0541. The summed E-state index contributed by atoms with van der Waals surface area (Å²) in [6.45, 7) is 2.54. The molecule has 1 aromatic heterocycles. The smallest absolute Gasteiger partial charge is 0.234 e. The largest absolute Gasteiger partial charge is 0.350 e. The molecule has 0 aliphatic rings. The second kappa shape index (κ2) is 8.60. The molecule has 0 bridgehead atoms. The van der Waals surface area contributed by atoms with Crippen molar-refractivity contribution < 1.29 is 9.59 Å². The molecule has 0 unspecified atom stereocenters. The number of carbonyl (C=O) groups is 2. The first-order chi connectivity index (χ1) is 10.6. The molecule has 1 heterocycles. The molecule has 2 rings (SSSR count). The van der Waals surface area contributed by atoms with E-state index < -0.39 is 0 Å². The molecular weight excluding hydrogens is 316 g/mol. The molecule has 0 atom stereocenters. The SMILES string of the molecule is Cc1ccc(NC(=O)CSCC(=O)NCc2cccs2)cc1. The molecule has 6 heteroatoms. The second-order valence-corrected chi connectivity index (χ2v) is 6.78. The highest BCUT2D eigenvalue weighted by molar-refractivity contribution is 8.00. The molecule has 0 saturated heterocycles. The molecule has 22 heavy (non-hydrogen) atoms. The van der Waals surface area contributed by atoms with Crippen molar-refractivity contribution >= 4 is 40.6 Å². The van der Waals surface area contributed by atoms with Gasteiger partial charge >= 0.3 is 0 Å². The predicted molar refractivity (Wildman–Crippen MR) is 93.3 cm³/mol. The summed E-state index contributed by atoms with van der Waals surface area (Å²) in [6.07, 6.45) is 0. The molecule has 1 aromatic carbocycles. The van der Waals surface area contributed by atoms with Crippen molar-refractivity contribution in [2.24, 2.45) is 0 Å². The molecule has 0 radical (unpaired) electrons. The third kappa shape index (κ3) is 5.91. The topological polar surface area (TPSA) is 58.2 Å². The Kier molecular flexibility index (Phi) is 6.48. The summed E-state index contributed by atoms with van der Waals surface area (Å²) in [6, 6.07) is 11.6. The fourth-order valence-corrected chi connectivity index (χ4v) is 3.01. The van der Waals surface area contributed by atoms with Gasteiger partial charge in [0.05, 0.1) is 18.1 Å². The van der Waals surface area contributed by atoms with E-state index in [2.05, 4.69) is 10.6 Å². The number of thioether (sulfide) groups is 1. The molecule has 116 valence electrons. The van der Waals surface area contributed by atoms with Crippen molar-refractivity contribution in [3.8, 4) is 0 Å². The fraction of sp³-hybridized carbons (Fsp3) is 0.250. The fourth-order valence-electron chi connectivity index (χ4n) is 1.72. The number of carbonyl (C=O) groups excluding carboxylic acids is 2. The van der Waals surface area contributed by atoms with Gasteiger partial charge in [-0.15, -0.1) is 23.1 Å². The first-order valence-corrected chi connectivity index (χ1v) is 8.90. The Morgan fingerprint density at radius 1 is 1.09 bits per heavy atom. The van der Waals surface area contributed by atoms with Crippen LogP contribution in [0.2, 0.25) is 0 Å². The Labute approximate surface area is 138 Å². The number of hydrogen-bond acceptors (Lipinski definition) is 4. The van der Waals surface area contributed by atoms with Gasteiger partial charge in [0.2, 0.25) is 11.8 Å². The monoisotopic (exact) mass is 334 g/mol. The molecule has 2 aromatic rings. The average molecular weight is 334 g/mol. The Hall–Kier alpha value is -1.79. The van der Waals surface area contributed by atoms with E-state index in [0.717, 1.165) is 16.1 Å². The summed E-state index contributed by atoms with van der Waals surface area (Å²) >= 11 is 2.92. The average Bonchev–Trinajstić information content (AvgIpc) is 3.01. The molecule has 2 N–H and O–H groups in total. The van der Waals surface area contributed by atoms with E-state index in [1.165, 1.54) is 11.8 Å². The standard InChI is InChI=1S/C16H18N2O2S2/c1-12-4-6-13(7-5-12)18-16(20)11-21-10-15(19)17-9-14-3-2-8-22-14/h2-8H,9-11H2,1H3,(H,17,19)(H,18,20). The van der Waals surface area contributed by atoms with Crippen molar-refractivity contribution in [1.29, 1.82) is 0 Å². The third-order valence-electron chi connectivity index (χ3n) is 2.84. The van der Waals surface area contributed by atoms with E-state index in [-0.39, 0.29) is 23.3 Å². The number of hydrogen-bond donors (Lipinski definition) is 2. The Morgan fingerprint density at radius 2 is 1.82 bits per heavy atom. The summed E-state index contributed by atoms with van der Waals surface area (Å²) in [5.74, 6) is 0.397. The van der Waals surface area contributed by atoms with Crippen LogP contribution < -0.4 is 10.6 Å². The van der Waals surface area contributed by atoms with Crippen LogP contribution in [0.5, 0.6) is 0 Å². The van der Waals surface area contributed by atoms with Crippen LogP contribution in [0.15, 0.2) is 41.8 Å². The molecule has 0 aliphatic carbocycles. The lowest BCUT2D eigenvalue weighted by Gasteiger charge is -2.06. The van der Waals surface area contributed by atoms with Crippen LogP contribution in [-0.4, -0.2) is 23.3 Å². The van der Waals surface area contributed by atoms with E-state index in [9.17, 15) is 9.59 Å². The lowest BCUT2D eigenvalue weighted by molar-refractivity contribution is -0.118. The van der Waals surface area contributed by atoms with E-state index in [1.54, 1.807) is 11.3 Å². The third-order valence-corrected chi connectivity index (χ3v) is 4.65. The summed E-state index contributed by atoms with van der Waals surface area (Å²) in [5, 5.41) is 7.62. The Morgan fingerprint density at radius 3 is 2.50 bits per heavy atom. The second-order valence-electron chi connectivity index (χ2n) is 4.76. The summed E-state index contributed by atoms with van der Waals surface area (Å²) < 4.78 is 0. The maximum Gasteiger partial charge on any atom is 0.234 e. The van der Waals surface area contributed by atoms with Crippen molar-refractivity contribution in [3.05, 3.63) is 52.2 Å². The van der Waals surface area contributed by atoms with Crippen LogP contribution in [-0.2, 0) is 16.1 Å². The molecule has 0 aliphatic heterocycles. The Bertz CT molecular complexity index is 610. The van der Waals surface area contributed by atoms with Crippen LogP contribution >= 0.6 is 23.1 Å². The maximum absolute atomic E-state index is 11.8. The quantitative estimate of drug-likeness (QED) is 0.818. The predicted octanol–water partition coefficient (Wildman–Crippen LogP) is 3.04. The normalized spacial score (nSPS) is 10.2. The minimum Gasteiger partial charge on any atom is -0.350 e. The van der Waals surface area contributed by atoms with Crippen LogP contribution in [0.25, 0.3) is 0 Å². The number of anilines is 1. The number of amides is 2. The van der Waals surface area contributed by atoms with E-state index in [4.69, 9.17) is 0 Å².